The molecule has 0 aliphatic carbocycles. The predicted molar refractivity (Wildman–Crippen MR) is 113 cm³/mol. The van der Waals surface area contributed by atoms with Crippen LogP contribution in [0.1, 0.15) is 34.8 Å². The molecule has 0 aromatic carbocycles. The summed E-state index contributed by atoms with van der Waals surface area (Å²) < 4.78 is 0. The maximum Gasteiger partial charge on any atom is 0.255 e. The van der Waals surface area contributed by atoms with E-state index in [1.165, 1.54) is 6.33 Å². The van der Waals surface area contributed by atoms with Crippen LogP contribution in [0.4, 0.5) is 0 Å². The summed E-state index contributed by atoms with van der Waals surface area (Å²) in [6, 6.07) is 9.83. The van der Waals surface area contributed by atoms with Gasteiger partial charge in [-0.2, -0.15) is 0 Å². The normalized spacial score (nSPS) is 14.7. The van der Waals surface area contributed by atoms with Gasteiger partial charge in [0.15, 0.2) is 5.65 Å². The van der Waals surface area contributed by atoms with Crippen molar-refractivity contribution in [1.82, 2.24) is 29.8 Å². The lowest BCUT2D eigenvalue weighted by molar-refractivity contribution is 0.0711. The van der Waals surface area contributed by atoms with E-state index < -0.39 is 0 Å². The molecule has 1 amide bonds. The monoisotopic (exact) mass is 396 g/mol. The van der Waals surface area contributed by atoms with Crippen LogP contribution in [-0.2, 0) is 0 Å². The Morgan fingerprint density at radius 1 is 0.933 bits per heavy atom. The highest BCUT2D eigenvalue weighted by Crippen LogP contribution is 2.29. The van der Waals surface area contributed by atoms with Gasteiger partial charge in [-0.1, -0.05) is 0 Å². The molecule has 0 atom stereocenters. The van der Waals surface area contributed by atoms with Crippen LogP contribution in [0.5, 0.6) is 0 Å². The van der Waals surface area contributed by atoms with Gasteiger partial charge >= 0.3 is 0 Å². The predicted octanol–water partition coefficient (Wildman–Crippen LogP) is 3.50. The van der Waals surface area contributed by atoms with Crippen LogP contribution in [-0.4, -0.2) is 48.8 Å². The molecule has 5 rings (SSSR count). The van der Waals surface area contributed by atoms with Crippen LogP contribution in [0, 0.1) is 0 Å². The number of hydrogen-bond donors (Lipinski definition) is 0. The average Bonchev–Trinajstić information content (AvgIpc) is 2.84. The fraction of sp³-hybridized carbons (Fsp3) is 0.217. The molecule has 1 fully saturated rings. The Bertz CT molecular complexity index is 1170. The SMILES string of the molecule is O=C(c1cccnc1)N1CCC(c2ccc3cc(-c4cncnc4)cnc3n2)CC1. The fourth-order valence-corrected chi connectivity index (χ4v) is 3.91. The number of carbonyl (C=O) groups excluding carboxylic acids is 1. The Hall–Kier alpha value is -3.74. The molecule has 0 spiro atoms. The summed E-state index contributed by atoms with van der Waals surface area (Å²) in [6.45, 7) is 1.44. The van der Waals surface area contributed by atoms with Crippen molar-refractivity contribution in [2.24, 2.45) is 0 Å². The first kappa shape index (κ1) is 18.3. The molecule has 0 N–H and O–H groups in total. The molecule has 4 aromatic heterocycles. The second-order valence-electron chi connectivity index (χ2n) is 7.44. The molecular formula is C23H20N6O. The smallest absolute Gasteiger partial charge is 0.255 e. The number of fused-ring (bicyclic) bond motifs is 1. The van der Waals surface area contributed by atoms with E-state index in [0.717, 1.165) is 53.8 Å². The largest absolute Gasteiger partial charge is 0.339 e. The number of amides is 1. The highest BCUT2D eigenvalue weighted by Gasteiger charge is 2.25. The second kappa shape index (κ2) is 7.94. The number of hydrogen-bond acceptors (Lipinski definition) is 6. The van der Waals surface area contributed by atoms with Crippen molar-refractivity contribution >= 4 is 16.9 Å². The molecule has 5 heterocycles. The third-order valence-corrected chi connectivity index (χ3v) is 5.57. The van der Waals surface area contributed by atoms with Crippen LogP contribution in [0.2, 0.25) is 0 Å². The van der Waals surface area contributed by atoms with E-state index in [1.54, 1.807) is 30.9 Å². The van der Waals surface area contributed by atoms with E-state index in [-0.39, 0.29) is 5.91 Å². The van der Waals surface area contributed by atoms with E-state index in [0.29, 0.717) is 11.5 Å². The van der Waals surface area contributed by atoms with Gasteiger partial charge in [-0.25, -0.2) is 19.9 Å². The van der Waals surface area contributed by atoms with Gasteiger partial charge in [0.05, 0.1) is 5.56 Å². The van der Waals surface area contributed by atoms with Gasteiger partial charge in [0.1, 0.15) is 6.33 Å². The molecular weight excluding hydrogens is 376 g/mol. The second-order valence-corrected chi connectivity index (χ2v) is 7.44. The summed E-state index contributed by atoms with van der Waals surface area (Å²) in [4.78, 5) is 36.1. The molecule has 0 saturated carbocycles. The summed E-state index contributed by atoms with van der Waals surface area (Å²) >= 11 is 0. The van der Waals surface area contributed by atoms with Gasteiger partial charge in [0.2, 0.25) is 0 Å². The number of aromatic nitrogens is 5. The summed E-state index contributed by atoms with van der Waals surface area (Å²) in [6.07, 6.45) is 12.0. The summed E-state index contributed by atoms with van der Waals surface area (Å²) in [7, 11) is 0. The third kappa shape index (κ3) is 3.61. The Balaban J connectivity index is 1.30. The van der Waals surface area contributed by atoms with Gasteiger partial charge in [-0.3, -0.25) is 9.78 Å². The number of likely N-dealkylation sites (tertiary alicyclic amines) is 1. The lowest BCUT2D eigenvalue weighted by Gasteiger charge is -2.31. The zero-order valence-corrected chi connectivity index (χ0v) is 16.3. The Morgan fingerprint density at radius 3 is 2.53 bits per heavy atom. The lowest BCUT2D eigenvalue weighted by atomic mass is 9.92. The Labute approximate surface area is 173 Å². The van der Waals surface area contributed by atoms with E-state index >= 15 is 0 Å². The molecule has 7 heteroatoms. The zero-order chi connectivity index (χ0) is 20.3. The molecule has 148 valence electrons. The van der Waals surface area contributed by atoms with E-state index in [9.17, 15) is 4.79 Å². The van der Waals surface area contributed by atoms with E-state index in [2.05, 4.69) is 38.1 Å². The number of nitrogens with zero attached hydrogens (tertiary/aromatic N) is 6. The molecule has 1 aliphatic rings. The van der Waals surface area contributed by atoms with E-state index in [1.807, 2.05) is 17.2 Å². The van der Waals surface area contributed by atoms with Crippen molar-refractivity contribution in [1.29, 1.82) is 0 Å². The minimum atomic E-state index is 0.0482. The quantitative estimate of drug-likeness (QED) is 0.527. The van der Waals surface area contributed by atoms with Crippen molar-refractivity contribution in [3.63, 3.8) is 0 Å². The molecule has 30 heavy (non-hydrogen) atoms. The van der Waals surface area contributed by atoms with Crippen LogP contribution in [0.3, 0.4) is 0 Å². The standard InChI is InChI=1S/C23H20N6O/c30-23(18-2-1-7-24-11-18)29-8-5-16(6-9-29)21-4-3-17-10-19(14-27-22(17)28-21)20-12-25-15-26-13-20/h1-4,7,10-16H,5-6,8-9H2. The van der Waals surface area contributed by atoms with Gasteiger partial charge < -0.3 is 4.90 Å². The first-order valence-corrected chi connectivity index (χ1v) is 9.99. The number of carbonyl (C=O) groups is 1. The first-order valence-electron chi connectivity index (χ1n) is 9.99. The minimum Gasteiger partial charge on any atom is -0.339 e. The van der Waals surface area contributed by atoms with Gasteiger partial charge in [0.25, 0.3) is 5.91 Å². The number of piperidine rings is 1. The number of pyridine rings is 3. The van der Waals surface area contributed by atoms with Crippen LogP contribution in [0.25, 0.3) is 22.2 Å². The Morgan fingerprint density at radius 2 is 1.77 bits per heavy atom. The first-order chi connectivity index (χ1) is 14.8. The van der Waals surface area contributed by atoms with Crippen molar-refractivity contribution in [3.05, 3.63) is 78.9 Å². The van der Waals surface area contributed by atoms with Gasteiger partial charge in [-0.05, 0) is 43.2 Å². The summed E-state index contributed by atoms with van der Waals surface area (Å²) in [5.74, 6) is 0.378. The number of rotatable bonds is 3. The highest BCUT2D eigenvalue weighted by molar-refractivity contribution is 5.93. The molecule has 1 saturated heterocycles. The average molecular weight is 396 g/mol. The topological polar surface area (TPSA) is 84.8 Å². The molecule has 0 radical (unpaired) electrons. The lowest BCUT2D eigenvalue weighted by Crippen LogP contribution is -2.38. The maximum absolute atomic E-state index is 12.6. The third-order valence-electron chi connectivity index (χ3n) is 5.57. The maximum atomic E-state index is 12.6. The van der Waals surface area contributed by atoms with Crippen LogP contribution < -0.4 is 0 Å². The Kier molecular flexibility index (Phi) is 4.85. The summed E-state index contributed by atoms with van der Waals surface area (Å²) in [5.41, 5.74) is 4.33. The van der Waals surface area contributed by atoms with Gasteiger partial charge in [-0.15, -0.1) is 0 Å². The van der Waals surface area contributed by atoms with Crippen molar-refractivity contribution < 1.29 is 4.79 Å². The fourth-order valence-electron chi connectivity index (χ4n) is 3.91. The summed E-state index contributed by atoms with van der Waals surface area (Å²) in [5, 5.41) is 0.990. The minimum absolute atomic E-state index is 0.0482. The van der Waals surface area contributed by atoms with E-state index in [4.69, 9.17) is 4.98 Å². The molecule has 7 nitrogen and oxygen atoms in total. The van der Waals surface area contributed by atoms with Crippen LogP contribution >= 0.6 is 0 Å². The van der Waals surface area contributed by atoms with Crippen molar-refractivity contribution in [3.8, 4) is 11.1 Å². The molecule has 4 aromatic rings. The zero-order valence-electron chi connectivity index (χ0n) is 16.3. The van der Waals surface area contributed by atoms with Gasteiger partial charge in [0, 0.05) is 72.2 Å². The van der Waals surface area contributed by atoms with Crippen molar-refractivity contribution in [2.75, 3.05) is 13.1 Å². The van der Waals surface area contributed by atoms with Crippen LogP contribution in [0.15, 0.2) is 67.6 Å². The highest BCUT2D eigenvalue weighted by atomic mass is 16.2. The molecule has 0 unspecified atom stereocenters. The molecule has 0 bridgehead atoms. The van der Waals surface area contributed by atoms with Crippen molar-refractivity contribution in [2.45, 2.75) is 18.8 Å². The molecule has 1 aliphatic heterocycles.